The highest BCUT2D eigenvalue weighted by Gasteiger charge is 2.31. The Kier molecular flexibility index (Phi) is 2.74. The van der Waals surface area contributed by atoms with Crippen LogP contribution in [0.5, 0.6) is 0 Å². The van der Waals surface area contributed by atoms with Gasteiger partial charge in [-0.15, -0.1) is 0 Å². The molecule has 0 aliphatic heterocycles. The summed E-state index contributed by atoms with van der Waals surface area (Å²) in [7, 11) is 0. The SMILES string of the molecule is CCc1cc2c(Br)cc(C(F)(F)F)cc2o1. The molecule has 0 radical (unpaired) electrons. The zero-order chi connectivity index (χ0) is 11.9. The van der Waals surface area contributed by atoms with Gasteiger partial charge in [-0.05, 0) is 18.2 Å². The first kappa shape index (κ1) is 11.5. The van der Waals surface area contributed by atoms with Gasteiger partial charge in [-0.1, -0.05) is 22.9 Å². The highest BCUT2D eigenvalue weighted by atomic mass is 79.9. The third-order valence-corrected chi connectivity index (χ3v) is 2.97. The Labute approximate surface area is 98.4 Å². The summed E-state index contributed by atoms with van der Waals surface area (Å²) in [6.07, 6.45) is -3.70. The molecule has 0 saturated carbocycles. The minimum Gasteiger partial charge on any atom is -0.461 e. The topological polar surface area (TPSA) is 13.1 Å². The van der Waals surface area contributed by atoms with E-state index in [0.717, 1.165) is 12.1 Å². The Balaban J connectivity index is 2.67. The molecule has 0 spiro atoms. The summed E-state index contributed by atoms with van der Waals surface area (Å²) in [5, 5.41) is 0.671. The van der Waals surface area contributed by atoms with Crippen LogP contribution >= 0.6 is 15.9 Å². The third kappa shape index (κ3) is 1.96. The summed E-state index contributed by atoms with van der Waals surface area (Å²) in [6, 6.07) is 3.84. The van der Waals surface area contributed by atoms with E-state index in [9.17, 15) is 13.2 Å². The van der Waals surface area contributed by atoms with E-state index in [1.807, 2.05) is 6.92 Å². The molecule has 5 heteroatoms. The van der Waals surface area contributed by atoms with Crippen molar-refractivity contribution in [2.45, 2.75) is 19.5 Å². The van der Waals surface area contributed by atoms with Gasteiger partial charge in [0, 0.05) is 16.3 Å². The summed E-state index contributed by atoms with van der Waals surface area (Å²) >= 11 is 3.12. The molecule has 0 N–H and O–H groups in total. The fraction of sp³-hybridized carbons (Fsp3) is 0.273. The molecular weight excluding hydrogens is 285 g/mol. The van der Waals surface area contributed by atoms with Crippen molar-refractivity contribution in [3.63, 3.8) is 0 Å². The van der Waals surface area contributed by atoms with Crippen molar-refractivity contribution in [3.8, 4) is 0 Å². The van der Waals surface area contributed by atoms with E-state index in [2.05, 4.69) is 15.9 Å². The van der Waals surface area contributed by atoms with Crippen LogP contribution < -0.4 is 0 Å². The van der Waals surface area contributed by atoms with Crippen molar-refractivity contribution in [2.75, 3.05) is 0 Å². The largest absolute Gasteiger partial charge is 0.461 e. The lowest BCUT2D eigenvalue weighted by Gasteiger charge is -2.06. The molecule has 0 saturated heterocycles. The van der Waals surface area contributed by atoms with Crippen LogP contribution in [0.15, 0.2) is 27.1 Å². The molecule has 2 rings (SSSR count). The number of furan rings is 1. The summed E-state index contributed by atoms with van der Waals surface area (Å²) in [5.74, 6) is 0.676. The maximum Gasteiger partial charge on any atom is 0.416 e. The van der Waals surface area contributed by atoms with Gasteiger partial charge in [0.1, 0.15) is 11.3 Å². The fourth-order valence-corrected chi connectivity index (χ4v) is 2.04. The highest BCUT2D eigenvalue weighted by Crippen LogP contribution is 2.36. The van der Waals surface area contributed by atoms with Crippen molar-refractivity contribution in [2.24, 2.45) is 0 Å². The van der Waals surface area contributed by atoms with Gasteiger partial charge in [0.2, 0.25) is 0 Å². The van der Waals surface area contributed by atoms with Gasteiger partial charge in [0.15, 0.2) is 0 Å². The van der Waals surface area contributed by atoms with Gasteiger partial charge >= 0.3 is 6.18 Å². The lowest BCUT2D eigenvalue weighted by molar-refractivity contribution is -0.137. The Bertz CT molecular complexity index is 528. The van der Waals surface area contributed by atoms with Crippen LogP contribution in [0.2, 0.25) is 0 Å². The van der Waals surface area contributed by atoms with Gasteiger partial charge in [-0.25, -0.2) is 0 Å². The van der Waals surface area contributed by atoms with E-state index >= 15 is 0 Å². The molecule has 0 aliphatic carbocycles. The summed E-state index contributed by atoms with van der Waals surface area (Å²) in [6.45, 7) is 1.89. The molecule has 2 aromatic rings. The van der Waals surface area contributed by atoms with E-state index in [4.69, 9.17) is 4.42 Å². The van der Waals surface area contributed by atoms with Crippen LogP contribution in [0.3, 0.4) is 0 Å². The second-order valence-electron chi connectivity index (χ2n) is 3.43. The van der Waals surface area contributed by atoms with Crippen molar-refractivity contribution >= 4 is 26.9 Å². The van der Waals surface area contributed by atoms with Crippen molar-refractivity contribution in [1.82, 2.24) is 0 Å². The Morgan fingerprint density at radius 2 is 1.94 bits per heavy atom. The molecule has 1 heterocycles. The standard InChI is InChI=1S/C11H8BrF3O/c1-2-7-5-8-9(12)3-6(11(13,14)15)4-10(8)16-7/h3-5H,2H2,1H3. The molecule has 0 fully saturated rings. The maximum absolute atomic E-state index is 12.5. The Morgan fingerprint density at radius 3 is 2.50 bits per heavy atom. The van der Waals surface area contributed by atoms with E-state index in [1.165, 1.54) is 0 Å². The number of aryl methyl sites for hydroxylation is 1. The number of benzene rings is 1. The highest BCUT2D eigenvalue weighted by molar-refractivity contribution is 9.10. The molecule has 1 aromatic heterocycles. The second-order valence-corrected chi connectivity index (χ2v) is 4.29. The predicted octanol–water partition coefficient (Wildman–Crippen LogP) is 4.78. The molecule has 1 aromatic carbocycles. The van der Waals surface area contributed by atoms with Crippen LogP contribution in [-0.4, -0.2) is 0 Å². The predicted molar refractivity (Wildman–Crippen MR) is 58.3 cm³/mol. The quantitative estimate of drug-likeness (QED) is 0.737. The molecule has 0 atom stereocenters. The minimum absolute atomic E-state index is 0.263. The molecule has 0 aliphatic rings. The van der Waals surface area contributed by atoms with Gasteiger partial charge in [-0.2, -0.15) is 13.2 Å². The van der Waals surface area contributed by atoms with Gasteiger partial charge in [0.05, 0.1) is 5.56 Å². The molecule has 1 nitrogen and oxygen atoms in total. The summed E-state index contributed by atoms with van der Waals surface area (Å²) < 4.78 is 43.3. The molecule has 0 amide bonds. The van der Waals surface area contributed by atoms with Crippen LogP contribution in [-0.2, 0) is 12.6 Å². The Hall–Kier alpha value is -0.970. The number of fused-ring (bicyclic) bond motifs is 1. The van der Waals surface area contributed by atoms with Crippen molar-refractivity contribution in [3.05, 3.63) is 34.0 Å². The monoisotopic (exact) mass is 292 g/mol. The van der Waals surface area contributed by atoms with Gasteiger partial charge < -0.3 is 4.42 Å². The van der Waals surface area contributed by atoms with Crippen LogP contribution in [0.25, 0.3) is 11.0 Å². The van der Waals surface area contributed by atoms with Crippen molar-refractivity contribution < 1.29 is 17.6 Å². The van der Waals surface area contributed by atoms with Gasteiger partial charge in [-0.3, -0.25) is 0 Å². The number of alkyl halides is 3. The average Bonchev–Trinajstić information content (AvgIpc) is 2.59. The van der Waals surface area contributed by atoms with Gasteiger partial charge in [0.25, 0.3) is 0 Å². The Morgan fingerprint density at radius 1 is 1.25 bits per heavy atom. The zero-order valence-corrected chi connectivity index (χ0v) is 9.95. The van der Waals surface area contributed by atoms with Crippen LogP contribution in [0.4, 0.5) is 13.2 Å². The maximum atomic E-state index is 12.5. The first-order valence-electron chi connectivity index (χ1n) is 4.71. The smallest absolute Gasteiger partial charge is 0.416 e. The molecule has 0 bridgehead atoms. The fourth-order valence-electron chi connectivity index (χ4n) is 1.49. The van der Waals surface area contributed by atoms with E-state index < -0.39 is 11.7 Å². The van der Waals surface area contributed by atoms with Crippen LogP contribution in [0, 0.1) is 0 Å². The van der Waals surface area contributed by atoms with Crippen molar-refractivity contribution in [1.29, 1.82) is 0 Å². The lowest BCUT2D eigenvalue weighted by atomic mass is 10.1. The number of rotatable bonds is 1. The first-order valence-corrected chi connectivity index (χ1v) is 5.50. The third-order valence-electron chi connectivity index (χ3n) is 2.31. The summed E-state index contributed by atoms with van der Waals surface area (Å²) in [5.41, 5.74) is -0.442. The second kappa shape index (κ2) is 3.80. The molecular formula is C11H8BrF3O. The van der Waals surface area contributed by atoms with Crippen LogP contribution in [0.1, 0.15) is 18.2 Å². The lowest BCUT2D eigenvalue weighted by Crippen LogP contribution is -2.04. The first-order chi connectivity index (χ1) is 7.41. The van der Waals surface area contributed by atoms with E-state index in [0.29, 0.717) is 22.0 Å². The molecule has 86 valence electrons. The van der Waals surface area contributed by atoms with E-state index in [-0.39, 0.29) is 5.58 Å². The number of hydrogen-bond donors (Lipinski definition) is 0. The molecule has 0 unspecified atom stereocenters. The number of hydrogen-bond acceptors (Lipinski definition) is 1. The normalized spacial score (nSPS) is 12.3. The zero-order valence-electron chi connectivity index (χ0n) is 8.36. The van der Waals surface area contributed by atoms with E-state index in [1.54, 1.807) is 6.07 Å². The minimum atomic E-state index is -4.35. The summed E-state index contributed by atoms with van der Waals surface area (Å²) in [4.78, 5) is 0. The average molecular weight is 293 g/mol. The molecule has 16 heavy (non-hydrogen) atoms. The number of halogens is 4.